The smallest absolute Gasteiger partial charge is 0.137 e. The summed E-state index contributed by atoms with van der Waals surface area (Å²) in [4.78, 5) is 2.35. The van der Waals surface area contributed by atoms with Crippen LogP contribution in [0.4, 0.5) is 17.1 Å². The van der Waals surface area contributed by atoms with Gasteiger partial charge in [-0.1, -0.05) is 127 Å². The van der Waals surface area contributed by atoms with Gasteiger partial charge in [-0.2, -0.15) is 0 Å². The second-order valence-electron chi connectivity index (χ2n) is 15.3. The van der Waals surface area contributed by atoms with Gasteiger partial charge in [0.1, 0.15) is 11.2 Å². The maximum atomic E-state index is 6.83. The Labute approximate surface area is 337 Å². The molecule has 58 heavy (non-hydrogen) atoms. The average Bonchev–Trinajstić information content (AvgIpc) is 4.03. The molecule has 13 rings (SSSR count). The van der Waals surface area contributed by atoms with Crippen molar-refractivity contribution in [2.75, 3.05) is 4.90 Å². The molecule has 4 aromatic heterocycles. The first-order valence-corrected chi connectivity index (χ1v) is 20.6. The van der Waals surface area contributed by atoms with Gasteiger partial charge in [0.25, 0.3) is 0 Å². The fourth-order valence-electron chi connectivity index (χ4n) is 9.51. The predicted octanol–water partition coefficient (Wildman–Crippen LogP) is 15.9. The van der Waals surface area contributed by atoms with E-state index in [-0.39, 0.29) is 0 Å². The third-order valence-corrected chi connectivity index (χ3v) is 13.3. The van der Waals surface area contributed by atoms with E-state index in [1.54, 1.807) is 0 Å². The van der Waals surface area contributed by atoms with Crippen LogP contribution in [0.2, 0.25) is 0 Å². The predicted molar refractivity (Wildman–Crippen MR) is 247 cm³/mol. The van der Waals surface area contributed by atoms with Crippen molar-refractivity contribution in [1.29, 1.82) is 0 Å². The summed E-state index contributed by atoms with van der Waals surface area (Å²) in [5.41, 5.74) is 13.5. The van der Waals surface area contributed by atoms with Gasteiger partial charge in [0, 0.05) is 81.2 Å². The van der Waals surface area contributed by atoms with E-state index < -0.39 is 0 Å². The van der Waals surface area contributed by atoms with Crippen LogP contribution in [0.1, 0.15) is 0 Å². The van der Waals surface area contributed by atoms with Crippen molar-refractivity contribution < 1.29 is 4.42 Å². The second-order valence-corrected chi connectivity index (χ2v) is 16.4. The van der Waals surface area contributed by atoms with Crippen molar-refractivity contribution in [2.45, 2.75) is 0 Å². The Morgan fingerprint density at radius 2 is 0.931 bits per heavy atom. The molecule has 4 heteroatoms. The van der Waals surface area contributed by atoms with Crippen molar-refractivity contribution in [1.82, 2.24) is 4.40 Å². The quantitative estimate of drug-likeness (QED) is 0.174. The van der Waals surface area contributed by atoms with Crippen LogP contribution in [0, 0.1) is 0 Å². The molecule has 0 aliphatic carbocycles. The van der Waals surface area contributed by atoms with Gasteiger partial charge < -0.3 is 13.7 Å². The zero-order valence-corrected chi connectivity index (χ0v) is 32.0. The molecule has 270 valence electrons. The summed E-state index contributed by atoms with van der Waals surface area (Å²) >= 11 is 1.85. The minimum atomic E-state index is 0.863. The second kappa shape index (κ2) is 12.1. The number of anilines is 3. The molecule has 0 bridgehead atoms. The zero-order chi connectivity index (χ0) is 37.9. The molecular formula is C54H32N2OS. The summed E-state index contributed by atoms with van der Waals surface area (Å²) in [7, 11) is 0. The van der Waals surface area contributed by atoms with Crippen LogP contribution in [0.5, 0.6) is 0 Å². The molecule has 9 aromatic carbocycles. The third kappa shape index (κ3) is 4.55. The van der Waals surface area contributed by atoms with E-state index in [2.05, 4.69) is 203 Å². The average molecular weight is 757 g/mol. The maximum Gasteiger partial charge on any atom is 0.137 e. The number of benzene rings is 9. The Morgan fingerprint density at radius 3 is 1.78 bits per heavy atom. The van der Waals surface area contributed by atoms with E-state index in [0.29, 0.717) is 0 Å². The highest BCUT2D eigenvalue weighted by Crippen LogP contribution is 2.45. The molecule has 3 nitrogen and oxygen atoms in total. The zero-order valence-electron chi connectivity index (χ0n) is 31.2. The van der Waals surface area contributed by atoms with Crippen molar-refractivity contribution >= 4 is 109 Å². The number of nitrogens with zero attached hydrogens (tertiary/aromatic N) is 2. The number of rotatable bonds is 5. The highest BCUT2D eigenvalue weighted by atomic mass is 32.1. The monoisotopic (exact) mass is 756 g/mol. The number of hydrogen-bond acceptors (Lipinski definition) is 3. The van der Waals surface area contributed by atoms with Crippen LogP contribution in [0.3, 0.4) is 0 Å². The fraction of sp³-hybridized carbons (Fsp3) is 0. The summed E-state index contributed by atoms with van der Waals surface area (Å²) in [5, 5.41) is 9.94. The molecule has 0 fully saturated rings. The standard InChI is InChI=1S/C54H32N2OS/c1-2-10-33(11-3-1)34-20-23-36(24-21-34)55(38-26-29-44-43-13-5-7-19-51(43)58-52(44)32-38)37-25-28-42-41-27-22-35(30-49(41)57-50(42)31-37)39-14-8-16-46-47-17-9-15-45-40-12-4-6-18-48(40)56(53(39)46)54(45)47/h1-32H. The highest BCUT2D eigenvalue weighted by Gasteiger charge is 2.21. The molecule has 13 aromatic rings. The molecule has 0 atom stereocenters. The van der Waals surface area contributed by atoms with Gasteiger partial charge in [0.15, 0.2) is 0 Å². The summed E-state index contributed by atoms with van der Waals surface area (Å²) in [5.74, 6) is 0. The molecular weight excluding hydrogens is 725 g/mol. The number of para-hydroxylation sites is 3. The van der Waals surface area contributed by atoms with Crippen LogP contribution in [-0.4, -0.2) is 4.40 Å². The van der Waals surface area contributed by atoms with Crippen molar-refractivity contribution in [3.05, 3.63) is 194 Å². The molecule has 0 aliphatic heterocycles. The van der Waals surface area contributed by atoms with Crippen LogP contribution < -0.4 is 4.90 Å². The van der Waals surface area contributed by atoms with Gasteiger partial charge in [-0.25, -0.2) is 0 Å². The highest BCUT2D eigenvalue weighted by molar-refractivity contribution is 7.25. The van der Waals surface area contributed by atoms with Crippen LogP contribution in [-0.2, 0) is 0 Å². The molecule has 0 amide bonds. The molecule has 0 radical (unpaired) electrons. The van der Waals surface area contributed by atoms with Gasteiger partial charge in [-0.15, -0.1) is 11.3 Å². The Kier molecular flexibility index (Phi) is 6.60. The molecule has 0 N–H and O–H groups in total. The van der Waals surface area contributed by atoms with Crippen molar-refractivity contribution in [2.24, 2.45) is 0 Å². The number of aromatic nitrogens is 1. The van der Waals surface area contributed by atoms with Crippen molar-refractivity contribution in [3.63, 3.8) is 0 Å². The number of fused-ring (bicyclic) bond motifs is 12. The maximum absolute atomic E-state index is 6.83. The minimum absolute atomic E-state index is 0.863. The lowest BCUT2D eigenvalue weighted by Gasteiger charge is -2.26. The molecule has 0 aliphatic rings. The van der Waals surface area contributed by atoms with E-state index in [0.717, 1.165) is 44.6 Å². The van der Waals surface area contributed by atoms with E-state index in [9.17, 15) is 0 Å². The van der Waals surface area contributed by atoms with E-state index in [1.165, 1.54) is 75.0 Å². The summed E-state index contributed by atoms with van der Waals surface area (Å²) in [6.07, 6.45) is 0. The lowest BCUT2D eigenvalue weighted by Crippen LogP contribution is -2.09. The Morgan fingerprint density at radius 1 is 0.362 bits per heavy atom. The van der Waals surface area contributed by atoms with Gasteiger partial charge >= 0.3 is 0 Å². The normalized spacial score (nSPS) is 12.1. The van der Waals surface area contributed by atoms with E-state index in [1.807, 2.05) is 11.3 Å². The molecule has 0 spiro atoms. The van der Waals surface area contributed by atoms with Crippen LogP contribution >= 0.6 is 11.3 Å². The van der Waals surface area contributed by atoms with Gasteiger partial charge in [0.2, 0.25) is 0 Å². The first kappa shape index (κ1) is 31.8. The number of hydrogen-bond donors (Lipinski definition) is 0. The van der Waals surface area contributed by atoms with Crippen LogP contribution in [0.25, 0.3) is 102 Å². The first-order chi connectivity index (χ1) is 28.7. The molecule has 0 unspecified atom stereocenters. The molecule has 0 saturated carbocycles. The van der Waals surface area contributed by atoms with E-state index >= 15 is 0 Å². The Bertz CT molecular complexity index is 3740. The van der Waals surface area contributed by atoms with Gasteiger partial charge in [0.05, 0.1) is 16.6 Å². The summed E-state index contributed by atoms with van der Waals surface area (Å²) in [6.45, 7) is 0. The van der Waals surface area contributed by atoms with Crippen LogP contribution in [0.15, 0.2) is 199 Å². The minimum Gasteiger partial charge on any atom is -0.456 e. The summed E-state index contributed by atoms with van der Waals surface area (Å²) < 4.78 is 11.9. The Hall–Kier alpha value is -7.40. The van der Waals surface area contributed by atoms with E-state index in [4.69, 9.17) is 4.42 Å². The van der Waals surface area contributed by atoms with Gasteiger partial charge in [-0.05, 0) is 77.4 Å². The lowest BCUT2D eigenvalue weighted by molar-refractivity contribution is 0.669. The first-order valence-electron chi connectivity index (χ1n) is 19.7. The van der Waals surface area contributed by atoms with Gasteiger partial charge in [-0.3, -0.25) is 0 Å². The largest absolute Gasteiger partial charge is 0.456 e. The number of furan rings is 1. The fourth-order valence-corrected chi connectivity index (χ4v) is 10.6. The lowest BCUT2D eigenvalue weighted by atomic mass is 10.00. The molecule has 0 saturated heterocycles. The molecule has 4 heterocycles. The SMILES string of the molecule is c1ccc(-c2ccc(N(c3ccc4c(c3)oc3cc(-c5cccc6c7cccc8c9ccccc9n(c56)c87)ccc34)c3ccc4c(c3)sc3ccccc34)cc2)cc1. The summed E-state index contributed by atoms with van der Waals surface area (Å²) in [6, 6.07) is 70.5. The van der Waals surface area contributed by atoms with Crippen molar-refractivity contribution in [3.8, 4) is 22.3 Å². The third-order valence-electron chi connectivity index (χ3n) is 12.1. The number of thiophene rings is 1. The Balaban J connectivity index is 0.966. The topological polar surface area (TPSA) is 20.8 Å².